The predicted octanol–water partition coefficient (Wildman–Crippen LogP) is 3.24. The van der Waals surface area contributed by atoms with Gasteiger partial charge < -0.3 is 9.64 Å². The largest absolute Gasteiger partial charge is 0.466 e. The van der Waals surface area contributed by atoms with Crippen LogP contribution in [0.4, 0.5) is 5.69 Å². The third-order valence-corrected chi connectivity index (χ3v) is 7.36. The highest BCUT2D eigenvalue weighted by Crippen LogP contribution is 2.24. The minimum atomic E-state index is -3.69. The zero-order chi connectivity index (χ0) is 22.6. The summed E-state index contributed by atoms with van der Waals surface area (Å²) in [6, 6.07) is 13.2. The van der Waals surface area contributed by atoms with Gasteiger partial charge in [-0.3, -0.25) is 13.9 Å². The van der Waals surface area contributed by atoms with Gasteiger partial charge in [0.1, 0.15) is 0 Å². The zero-order valence-electron chi connectivity index (χ0n) is 18.1. The molecule has 0 bridgehead atoms. The van der Waals surface area contributed by atoms with Gasteiger partial charge in [-0.1, -0.05) is 17.7 Å². The van der Waals surface area contributed by atoms with E-state index < -0.39 is 10.0 Å². The number of benzene rings is 2. The van der Waals surface area contributed by atoms with E-state index in [1.54, 1.807) is 60.4 Å². The molecule has 1 amide bonds. The van der Waals surface area contributed by atoms with Crippen LogP contribution in [0.1, 0.15) is 35.7 Å². The summed E-state index contributed by atoms with van der Waals surface area (Å²) >= 11 is 0. The number of esters is 1. The Balaban J connectivity index is 1.66. The van der Waals surface area contributed by atoms with Crippen LogP contribution in [0.5, 0.6) is 0 Å². The first kappa shape index (κ1) is 22.8. The Morgan fingerprint density at radius 2 is 1.61 bits per heavy atom. The number of aryl methyl sites for hydroxylation is 1. The van der Waals surface area contributed by atoms with Crippen molar-refractivity contribution in [2.75, 3.05) is 31.0 Å². The summed E-state index contributed by atoms with van der Waals surface area (Å²) in [4.78, 5) is 26.6. The van der Waals surface area contributed by atoms with Gasteiger partial charge in [0.2, 0.25) is 0 Å². The Morgan fingerprint density at radius 3 is 2.16 bits per heavy atom. The third-order valence-electron chi connectivity index (χ3n) is 5.56. The van der Waals surface area contributed by atoms with Crippen LogP contribution in [-0.4, -0.2) is 51.9 Å². The van der Waals surface area contributed by atoms with E-state index in [4.69, 9.17) is 4.74 Å². The van der Waals surface area contributed by atoms with Crippen molar-refractivity contribution in [1.82, 2.24) is 4.90 Å². The van der Waals surface area contributed by atoms with E-state index in [1.165, 1.54) is 11.4 Å². The summed E-state index contributed by atoms with van der Waals surface area (Å²) in [5, 5.41) is 0. The molecule has 166 valence electrons. The van der Waals surface area contributed by atoms with Crippen molar-refractivity contribution in [3.05, 3.63) is 59.7 Å². The van der Waals surface area contributed by atoms with Gasteiger partial charge in [0.05, 0.1) is 23.1 Å². The number of likely N-dealkylation sites (tertiary alicyclic amines) is 1. The first-order valence-electron chi connectivity index (χ1n) is 10.4. The van der Waals surface area contributed by atoms with Gasteiger partial charge in [-0.2, -0.15) is 0 Å². The van der Waals surface area contributed by atoms with Gasteiger partial charge >= 0.3 is 5.97 Å². The highest BCUT2D eigenvalue weighted by Gasteiger charge is 2.29. The number of rotatable bonds is 6. The molecule has 0 radical (unpaired) electrons. The van der Waals surface area contributed by atoms with Gasteiger partial charge in [-0.15, -0.1) is 0 Å². The maximum Gasteiger partial charge on any atom is 0.309 e. The molecule has 0 saturated carbocycles. The lowest BCUT2D eigenvalue weighted by atomic mass is 9.96. The fourth-order valence-electron chi connectivity index (χ4n) is 3.58. The maximum atomic E-state index is 12.9. The number of ether oxygens (including phenoxy) is 1. The average molecular weight is 445 g/mol. The second kappa shape index (κ2) is 9.51. The summed E-state index contributed by atoms with van der Waals surface area (Å²) in [5.74, 6) is -0.485. The van der Waals surface area contributed by atoms with Gasteiger partial charge in [-0.25, -0.2) is 8.42 Å². The Morgan fingerprint density at radius 1 is 1.03 bits per heavy atom. The monoisotopic (exact) mass is 444 g/mol. The SMILES string of the molecule is CCOC(=O)C1CCN(C(=O)c2ccc(N(C)S(=O)(=O)c3ccc(C)cc3)cc2)CC1. The number of hydrogen-bond donors (Lipinski definition) is 0. The molecule has 0 N–H and O–H groups in total. The van der Waals surface area contributed by atoms with Gasteiger partial charge in [0.25, 0.3) is 15.9 Å². The van der Waals surface area contributed by atoms with Crippen LogP contribution in [0, 0.1) is 12.8 Å². The fraction of sp³-hybridized carbons (Fsp3) is 0.391. The molecule has 0 aromatic heterocycles. The lowest BCUT2D eigenvalue weighted by molar-refractivity contribution is -0.149. The number of amides is 1. The van der Waals surface area contributed by atoms with E-state index in [1.807, 2.05) is 6.92 Å². The second-order valence-electron chi connectivity index (χ2n) is 7.65. The summed E-state index contributed by atoms with van der Waals surface area (Å²) in [5.41, 5.74) is 1.94. The Bertz CT molecular complexity index is 1020. The number of sulfonamides is 1. The number of anilines is 1. The van der Waals surface area contributed by atoms with Gasteiger partial charge in [-0.05, 0) is 63.1 Å². The highest BCUT2D eigenvalue weighted by molar-refractivity contribution is 7.92. The Kier molecular flexibility index (Phi) is 7.00. The van der Waals surface area contributed by atoms with Crippen LogP contribution in [0.25, 0.3) is 0 Å². The third kappa shape index (κ3) is 5.07. The maximum absolute atomic E-state index is 12.9. The van der Waals surface area contributed by atoms with Gasteiger partial charge in [0.15, 0.2) is 0 Å². The first-order chi connectivity index (χ1) is 14.7. The molecular formula is C23H28N2O5S. The molecule has 1 aliphatic heterocycles. The molecule has 1 saturated heterocycles. The molecule has 0 spiro atoms. The molecule has 8 heteroatoms. The fourth-order valence-corrected chi connectivity index (χ4v) is 4.78. The van der Waals surface area contributed by atoms with Crippen molar-refractivity contribution in [1.29, 1.82) is 0 Å². The zero-order valence-corrected chi connectivity index (χ0v) is 18.9. The van der Waals surface area contributed by atoms with Crippen LogP contribution in [0.3, 0.4) is 0 Å². The van der Waals surface area contributed by atoms with Crippen LogP contribution >= 0.6 is 0 Å². The smallest absolute Gasteiger partial charge is 0.309 e. The highest BCUT2D eigenvalue weighted by atomic mass is 32.2. The van der Waals surface area contributed by atoms with E-state index in [0.717, 1.165) is 5.56 Å². The number of carbonyl (C=O) groups excluding carboxylic acids is 2. The van der Waals surface area contributed by atoms with E-state index in [9.17, 15) is 18.0 Å². The molecule has 1 aliphatic rings. The lowest BCUT2D eigenvalue weighted by Gasteiger charge is -2.31. The minimum Gasteiger partial charge on any atom is -0.466 e. The molecule has 0 unspecified atom stereocenters. The number of carbonyl (C=O) groups is 2. The summed E-state index contributed by atoms with van der Waals surface area (Å²) in [6.45, 7) is 5.02. The lowest BCUT2D eigenvalue weighted by Crippen LogP contribution is -2.40. The number of hydrogen-bond acceptors (Lipinski definition) is 5. The van der Waals surface area contributed by atoms with E-state index in [0.29, 0.717) is 43.8 Å². The number of piperidine rings is 1. The molecule has 1 heterocycles. The minimum absolute atomic E-state index is 0.127. The van der Waals surface area contributed by atoms with Crippen LogP contribution in [-0.2, 0) is 19.6 Å². The summed E-state index contributed by atoms with van der Waals surface area (Å²) in [6.07, 6.45) is 1.17. The summed E-state index contributed by atoms with van der Waals surface area (Å²) < 4.78 is 32.0. The molecule has 0 aliphatic carbocycles. The van der Waals surface area contributed by atoms with Gasteiger partial charge in [0, 0.05) is 25.7 Å². The molecular weight excluding hydrogens is 416 g/mol. The van der Waals surface area contributed by atoms with E-state index >= 15 is 0 Å². The van der Waals surface area contributed by atoms with Crippen molar-refractivity contribution < 1.29 is 22.7 Å². The average Bonchev–Trinajstić information content (AvgIpc) is 2.79. The van der Waals surface area contributed by atoms with E-state index in [2.05, 4.69) is 0 Å². The molecule has 0 atom stereocenters. The van der Waals surface area contributed by atoms with Crippen LogP contribution in [0.2, 0.25) is 0 Å². The quantitative estimate of drug-likeness (QED) is 0.639. The molecule has 3 rings (SSSR count). The topological polar surface area (TPSA) is 84.0 Å². The van der Waals surface area contributed by atoms with Crippen molar-refractivity contribution in [2.45, 2.75) is 31.6 Å². The molecule has 7 nitrogen and oxygen atoms in total. The first-order valence-corrected chi connectivity index (χ1v) is 11.8. The number of nitrogens with zero attached hydrogens (tertiary/aromatic N) is 2. The van der Waals surface area contributed by atoms with E-state index in [-0.39, 0.29) is 22.7 Å². The second-order valence-corrected chi connectivity index (χ2v) is 9.62. The Labute approximate surface area is 183 Å². The van der Waals surface area contributed by atoms with Crippen LogP contribution < -0.4 is 4.31 Å². The molecule has 1 fully saturated rings. The van der Waals surface area contributed by atoms with Crippen molar-refractivity contribution in [3.8, 4) is 0 Å². The van der Waals surface area contributed by atoms with Crippen LogP contribution in [0.15, 0.2) is 53.4 Å². The molecule has 2 aromatic carbocycles. The van der Waals surface area contributed by atoms with Crippen molar-refractivity contribution in [3.63, 3.8) is 0 Å². The Hall–Kier alpha value is -2.87. The molecule has 31 heavy (non-hydrogen) atoms. The molecule has 2 aromatic rings. The van der Waals surface area contributed by atoms with Crippen molar-refractivity contribution in [2.24, 2.45) is 5.92 Å². The predicted molar refractivity (Wildman–Crippen MR) is 118 cm³/mol. The standard InChI is InChI=1S/C23H28N2O5S/c1-4-30-23(27)19-13-15-25(16-14-19)22(26)18-7-9-20(10-8-18)24(3)31(28,29)21-11-5-17(2)6-12-21/h5-12,19H,4,13-16H2,1-3H3. The van der Waals surface area contributed by atoms with Crippen molar-refractivity contribution >= 4 is 27.6 Å². The summed E-state index contributed by atoms with van der Waals surface area (Å²) in [7, 11) is -2.20. The normalized spacial score (nSPS) is 14.9.